The van der Waals surface area contributed by atoms with Crippen molar-refractivity contribution in [1.29, 1.82) is 0 Å². The molecule has 5 aromatic rings. The zero-order valence-corrected chi connectivity index (χ0v) is 15.5. The van der Waals surface area contributed by atoms with Gasteiger partial charge in [-0.1, -0.05) is 12.1 Å². The van der Waals surface area contributed by atoms with Crippen LogP contribution in [0.5, 0.6) is 0 Å². The van der Waals surface area contributed by atoms with Gasteiger partial charge in [0.15, 0.2) is 0 Å². The Morgan fingerprint density at radius 3 is 2.93 bits per heavy atom. The van der Waals surface area contributed by atoms with Crippen LogP contribution in [-0.2, 0) is 6.54 Å². The number of hydrogen-bond acceptors (Lipinski definition) is 4. The quantitative estimate of drug-likeness (QED) is 0.348. The minimum absolute atomic E-state index is 0.569. The third-order valence-electron chi connectivity index (χ3n) is 4.90. The molecule has 2 aromatic carbocycles. The number of hydrogen-bond donors (Lipinski definition) is 4. The van der Waals surface area contributed by atoms with E-state index in [0.717, 1.165) is 27.9 Å². The maximum atomic E-state index is 4.61. The molecule has 3 heterocycles. The number of H-pyrrole nitrogens is 2. The molecule has 0 aliphatic rings. The number of fused-ring (bicyclic) bond motifs is 2. The molecule has 3 aromatic heterocycles. The van der Waals surface area contributed by atoms with Gasteiger partial charge in [-0.15, -0.1) is 0 Å². The maximum Gasteiger partial charge on any atom is 0.229 e. The fourth-order valence-electron chi connectivity index (χ4n) is 3.50. The molecule has 0 unspecified atom stereocenters. The van der Waals surface area contributed by atoms with Gasteiger partial charge in [-0.2, -0.15) is 4.98 Å². The fraction of sp³-hybridized carbons (Fsp3) is 0.0909. The van der Waals surface area contributed by atoms with Crippen molar-refractivity contribution in [2.45, 2.75) is 13.5 Å². The first-order chi connectivity index (χ1) is 13.8. The zero-order valence-electron chi connectivity index (χ0n) is 15.5. The molecule has 28 heavy (non-hydrogen) atoms. The van der Waals surface area contributed by atoms with Crippen LogP contribution in [0, 0.1) is 6.92 Å². The highest BCUT2D eigenvalue weighted by atomic mass is 15.1. The summed E-state index contributed by atoms with van der Waals surface area (Å²) >= 11 is 0. The van der Waals surface area contributed by atoms with Crippen LogP contribution in [0.1, 0.15) is 11.1 Å². The van der Waals surface area contributed by atoms with Crippen molar-refractivity contribution in [2.24, 2.45) is 0 Å². The molecule has 4 N–H and O–H groups in total. The number of anilines is 3. The topological polar surface area (TPSA) is 81.4 Å². The molecule has 0 saturated heterocycles. The van der Waals surface area contributed by atoms with E-state index in [1.165, 1.54) is 16.5 Å². The molecule has 0 radical (unpaired) electrons. The van der Waals surface area contributed by atoms with Gasteiger partial charge >= 0.3 is 0 Å². The third-order valence-corrected chi connectivity index (χ3v) is 4.90. The second kappa shape index (κ2) is 6.74. The SMILES string of the molecule is Cc1c[nH]c2cccc(Nc3nccc(NCc4ccc5[nH]ccc5c4)n3)c12. The van der Waals surface area contributed by atoms with Gasteiger partial charge in [-0.05, 0) is 59.8 Å². The average molecular weight is 368 g/mol. The van der Waals surface area contributed by atoms with E-state index in [-0.39, 0.29) is 0 Å². The van der Waals surface area contributed by atoms with Crippen LogP contribution in [0.3, 0.4) is 0 Å². The molecule has 0 aliphatic heterocycles. The van der Waals surface area contributed by atoms with E-state index in [1.54, 1.807) is 6.20 Å². The summed E-state index contributed by atoms with van der Waals surface area (Å²) in [6.07, 6.45) is 5.73. The summed E-state index contributed by atoms with van der Waals surface area (Å²) in [7, 11) is 0. The Morgan fingerprint density at radius 1 is 1.00 bits per heavy atom. The van der Waals surface area contributed by atoms with Gasteiger partial charge in [0.1, 0.15) is 5.82 Å². The molecule has 0 bridgehead atoms. The van der Waals surface area contributed by atoms with Crippen LogP contribution in [0.2, 0.25) is 0 Å². The lowest BCUT2D eigenvalue weighted by Gasteiger charge is -2.10. The van der Waals surface area contributed by atoms with Crippen LogP contribution >= 0.6 is 0 Å². The molecule has 0 fully saturated rings. The van der Waals surface area contributed by atoms with Crippen LogP contribution in [0.4, 0.5) is 17.5 Å². The molecule has 138 valence electrons. The molecule has 0 saturated carbocycles. The predicted molar refractivity (Wildman–Crippen MR) is 114 cm³/mol. The first-order valence-electron chi connectivity index (χ1n) is 9.23. The summed E-state index contributed by atoms with van der Waals surface area (Å²) in [5.41, 5.74) is 5.62. The molecular weight excluding hydrogens is 348 g/mol. The zero-order chi connectivity index (χ0) is 18.9. The Bertz CT molecular complexity index is 1270. The second-order valence-electron chi connectivity index (χ2n) is 6.84. The summed E-state index contributed by atoms with van der Waals surface area (Å²) in [6.45, 7) is 2.79. The molecule has 6 heteroatoms. The molecule has 5 rings (SSSR count). The number of nitrogens with one attached hydrogen (secondary N) is 4. The van der Waals surface area contributed by atoms with Gasteiger partial charge in [-0.3, -0.25) is 0 Å². The average Bonchev–Trinajstić information content (AvgIpc) is 3.33. The fourth-order valence-corrected chi connectivity index (χ4v) is 3.50. The summed E-state index contributed by atoms with van der Waals surface area (Å²) in [5, 5.41) is 9.09. The third kappa shape index (κ3) is 3.05. The Kier molecular flexibility index (Phi) is 3.94. The highest BCUT2D eigenvalue weighted by Gasteiger charge is 2.07. The van der Waals surface area contributed by atoms with E-state index in [9.17, 15) is 0 Å². The highest BCUT2D eigenvalue weighted by molar-refractivity contribution is 5.95. The lowest BCUT2D eigenvalue weighted by atomic mass is 10.1. The summed E-state index contributed by atoms with van der Waals surface area (Å²) in [6, 6.07) is 16.5. The molecule has 0 spiro atoms. The second-order valence-corrected chi connectivity index (χ2v) is 6.84. The van der Waals surface area contributed by atoms with E-state index in [4.69, 9.17) is 0 Å². The van der Waals surface area contributed by atoms with Gasteiger partial charge in [0, 0.05) is 41.6 Å². The maximum absolute atomic E-state index is 4.61. The summed E-state index contributed by atoms with van der Waals surface area (Å²) in [5.74, 6) is 1.35. The van der Waals surface area contributed by atoms with Crippen molar-refractivity contribution in [3.05, 3.63) is 78.2 Å². The first-order valence-corrected chi connectivity index (χ1v) is 9.23. The largest absolute Gasteiger partial charge is 0.366 e. The Balaban J connectivity index is 1.35. The molecular formula is C22H20N6. The lowest BCUT2D eigenvalue weighted by Crippen LogP contribution is -2.04. The molecule has 0 aliphatic carbocycles. The number of rotatable bonds is 5. The Labute approximate surface area is 162 Å². The predicted octanol–water partition coefficient (Wildman–Crippen LogP) is 5.10. The molecule has 0 atom stereocenters. The van der Waals surface area contributed by atoms with Crippen LogP contribution in [-0.4, -0.2) is 19.9 Å². The lowest BCUT2D eigenvalue weighted by molar-refractivity contribution is 1.09. The first kappa shape index (κ1) is 16.4. The van der Waals surface area contributed by atoms with E-state index in [2.05, 4.69) is 67.8 Å². The van der Waals surface area contributed by atoms with Crippen molar-refractivity contribution >= 4 is 39.3 Å². The number of aryl methyl sites for hydroxylation is 1. The van der Waals surface area contributed by atoms with Gasteiger partial charge in [0.2, 0.25) is 5.95 Å². The summed E-state index contributed by atoms with van der Waals surface area (Å²) in [4.78, 5) is 15.5. The van der Waals surface area contributed by atoms with Crippen LogP contribution < -0.4 is 10.6 Å². The number of benzene rings is 2. The van der Waals surface area contributed by atoms with Gasteiger partial charge in [0.25, 0.3) is 0 Å². The highest BCUT2D eigenvalue weighted by Crippen LogP contribution is 2.28. The number of aromatic nitrogens is 4. The van der Waals surface area contributed by atoms with Crippen molar-refractivity contribution < 1.29 is 0 Å². The van der Waals surface area contributed by atoms with Gasteiger partial charge in [0.05, 0.1) is 5.69 Å². The van der Waals surface area contributed by atoms with Crippen LogP contribution in [0.15, 0.2) is 67.1 Å². The normalized spacial score (nSPS) is 11.2. The van der Waals surface area contributed by atoms with E-state index >= 15 is 0 Å². The Morgan fingerprint density at radius 2 is 1.96 bits per heavy atom. The smallest absolute Gasteiger partial charge is 0.229 e. The molecule has 6 nitrogen and oxygen atoms in total. The minimum Gasteiger partial charge on any atom is -0.366 e. The van der Waals surface area contributed by atoms with E-state index in [1.807, 2.05) is 30.6 Å². The van der Waals surface area contributed by atoms with E-state index < -0.39 is 0 Å². The Hall–Kier alpha value is -3.80. The van der Waals surface area contributed by atoms with Crippen molar-refractivity contribution in [2.75, 3.05) is 10.6 Å². The van der Waals surface area contributed by atoms with Crippen molar-refractivity contribution in [3.8, 4) is 0 Å². The summed E-state index contributed by atoms with van der Waals surface area (Å²) < 4.78 is 0. The van der Waals surface area contributed by atoms with Crippen molar-refractivity contribution in [3.63, 3.8) is 0 Å². The van der Waals surface area contributed by atoms with Gasteiger partial charge < -0.3 is 20.6 Å². The standard InChI is InChI=1S/C22H20N6/c1-14-12-25-18-3-2-4-19(21(14)18)27-22-24-10-8-20(28-22)26-13-15-5-6-17-16(11-15)7-9-23-17/h2-12,23,25H,13H2,1H3,(H2,24,26,27,28). The molecule has 0 amide bonds. The minimum atomic E-state index is 0.569. The number of aromatic amines is 2. The van der Waals surface area contributed by atoms with Crippen molar-refractivity contribution in [1.82, 2.24) is 19.9 Å². The number of nitrogens with zero attached hydrogens (tertiary/aromatic N) is 2. The monoisotopic (exact) mass is 368 g/mol. The van der Waals surface area contributed by atoms with Crippen LogP contribution in [0.25, 0.3) is 21.8 Å². The van der Waals surface area contributed by atoms with E-state index in [0.29, 0.717) is 12.5 Å². The van der Waals surface area contributed by atoms with Gasteiger partial charge in [-0.25, -0.2) is 4.98 Å².